The second kappa shape index (κ2) is 5.12. The molecule has 1 aliphatic heterocycles. The van der Waals surface area contributed by atoms with E-state index in [4.69, 9.17) is 14.2 Å². The summed E-state index contributed by atoms with van der Waals surface area (Å²) >= 11 is 0. The SMILES string of the molecule is COCC(=O)N1CCO[C@@H]2[C@@H](OC)CC[C@H]21. The van der Waals surface area contributed by atoms with Crippen LogP contribution in [0.4, 0.5) is 0 Å². The van der Waals surface area contributed by atoms with Gasteiger partial charge in [0.15, 0.2) is 0 Å². The molecule has 0 aromatic heterocycles. The predicted octanol–water partition coefficient (Wildman–Crippen LogP) is 0.0376. The third kappa shape index (κ3) is 2.07. The summed E-state index contributed by atoms with van der Waals surface area (Å²) in [5, 5.41) is 0. The van der Waals surface area contributed by atoms with Gasteiger partial charge in [-0.1, -0.05) is 0 Å². The third-order valence-electron chi connectivity index (χ3n) is 3.43. The summed E-state index contributed by atoms with van der Waals surface area (Å²) in [6.07, 6.45) is 2.09. The number of nitrogens with zero attached hydrogens (tertiary/aromatic N) is 1. The lowest BCUT2D eigenvalue weighted by atomic mass is 10.1. The number of methoxy groups -OCH3 is 2. The van der Waals surface area contributed by atoms with Gasteiger partial charge in [0, 0.05) is 20.8 Å². The van der Waals surface area contributed by atoms with E-state index in [1.807, 2.05) is 4.90 Å². The highest BCUT2D eigenvalue weighted by molar-refractivity contribution is 5.78. The zero-order chi connectivity index (χ0) is 11.5. The van der Waals surface area contributed by atoms with Crippen LogP contribution in [0.1, 0.15) is 12.8 Å². The fourth-order valence-corrected chi connectivity index (χ4v) is 2.68. The number of ether oxygens (including phenoxy) is 3. The van der Waals surface area contributed by atoms with Gasteiger partial charge in [-0.25, -0.2) is 0 Å². The van der Waals surface area contributed by atoms with Crippen LogP contribution >= 0.6 is 0 Å². The topological polar surface area (TPSA) is 48.0 Å². The minimum atomic E-state index is 0.0413. The molecule has 3 atom stereocenters. The summed E-state index contributed by atoms with van der Waals surface area (Å²) in [6, 6.07) is 0.168. The molecule has 0 aromatic carbocycles. The largest absolute Gasteiger partial charge is 0.379 e. The summed E-state index contributed by atoms with van der Waals surface area (Å²) in [6.45, 7) is 1.41. The van der Waals surface area contributed by atoms with Gasteiger partial charge in [0.1, 0.15) is 12.7 Å². The standard InChI is InChI=1S/C11H19NO4/c1-14-7-10(13)12-5-6-16-11-8(12)3-4-9(11)15-2/h8-9,11H,3-7H2,1-2H3/t8-,9+,11+/m1/s1. The molecule has 2 aliphatic rings. The van der Waals surface area contributed by atoms with Crippen LogP contribution in [-0.4, -0.2) is 63.0 Å². The summed E-state index contributed by atoms with van der Waals surface area (Å²) in [4.78, 5) is 13.7. The van der Waals surface area contributed by atoms with Crippen molar-refractivity contribution in [3.8, 4) is 0 Å². The number of amides is 1. The van der Waals surface area contributed by atoms with E-state index in [2.05, 4.69) is 0 Å². The van der Waals surface area contributed by atoms with E-state index < -0.39 is 0 Å². The van der Waals surface area contributed by atoms with Crippen molar-refractivity contribution in [2.24, 2.45) is 0 Å². The molecule has 5 heteroatoms. The van der Waals surface area contributed by atoms with Crippen LogP contribution in [0.25, 0.3) is 0 Å². The predicted molar refractivity (Wildman–Crippen MR) is 57.1 cm³/mol. The van der Waals surface area contributed by atoms with Crippen molar-refractivity contribution in [1.29, 1.82) is 0 Å². The van der Waals surface area contributed by atoms with Crippen molar-refractivity contribution < 1.29 is 19.0 Å². The van der Waals surface area contributed by atoms with Crippen LogP contribution in [0.2, 0.25) is 0 Å². The molecule has 92 valence electrons. The number of morpholine rings is 1. The zero-order valence-electron chi connectivity index (χ0n) is 9.85. The molecule has 0 N–H and O–H groups in total. The van der Waals surface area contributed by atoms with Crippen LogP contribution in [0, 0.1) is 0 Å². The molecule has 2 rings (SSSR count). The second-order valence-electron chi connectivity index (χ2n) is 4.27. The quantitative estimate of drug-likeness (QED) is 0.685. The molecular formula is C11H19NO4. The molecule has 0 radical (unpaired) electrons. The number of carbonyl (C=O) groups is 1. The van der Waals surface area contributed by atoms with Crippen LogP contribution in [0.5, 0.6) is 0 Å². The molecule has 1 heterocycles. The maximum Gasteiger partial charge on any atom is 0.248 e. The molecule has 5 nitrogen and oxygen atoms in total. The van der Waals surface area contributed by atoms with Crippen molar-refractivity contribution in [1.82, 2.24) is 4.90 Å². The fourth-order valence-electron chi connectivity index (χ4n) is 2.68. The third-order valence-corrected chi connectivity index (χ3v) is 3.43. The average molecular weight is 229 g/mol. The van der Waals surface area contributed by atoms with Crippen LogP contribution in [0.15, 0.2) is 0 Å². The Morgan fingerprint density at radius 2 is 2.25 bits per heavy atom. The normalized spacial score (nSPS) is 33.9. The Kier molecular flexibility index (Phi) is 3.78. The zero-order valence-corrected chi connectivity index (χ0v) is 9.85. The average Bonchev–Trinajstić information content (AvgIpc) is 2.71. The van der Waals surface area contributed by atoms with Gasteiger partial charge in [0.25, 0.3) is 0 Å². The molecule has 1 saturated heterocycles. The number of rotatable bonds is 3. The van der Waals surface area contributed by atoms with Gasteiger partial charge in [-0.15, -0.1) is 0 Å². The summed E-state index contributed by atoms with van der Waals surface area (Å²) in [5.74, 6) is 0.0533. The number of fused-ring (bicyclic) bond motifs is 1. The lowest BCUT2D eigenvalue weighted by Gasteiger charge is -2.38. The first-order valence-corrected chi connectivity index (χ1v) is 5.70. The summed E-state index contributed by atoms with van der Waals surface area (Å²) in [7, 11) is 3.24. The minimum Gasteiger partial charge on any atom is -0.379 e. The van der Waals surface area contributed by atoms with E-state index >= 15 is 0 Å². The van der Waals surface area contributed by atoms with Crippen molar-refractivity contribution in [2.75, 3.05) is 34.0 Å². The maximum atomic E-state index is 11.8. The fraction of sp³-hybridized carbons (Fsp3) is 0.909. The first-order chi connectivity index (χ1) is 7.77. The second-order valence-corrected chi connectivity index (χ2v) is 4.27. The van der Waals surface area contributed by atoms with Crippen molar-refractivity contribution in [3.05, 3.63) is 0 Å². The van der Waals surface area contributed by atoms with Gasteiger partial charge in [-0.05, 0) is 12.8 Å². The molecule has 0 unspecified atom stereocenters. The van der Waals surface area contributed by atoms with Gasteiger partial charge < -0.3 is 19.1 Å². The van der Waals surface area contributed by atoms with Gasteiger partial charge >= 0.3 is 0 Å². The van der Waals surface area contributed by atoms with E-state index in [-0.39, 0.29) is 30.8 Å². The lowest BCUT2D eigenvalue weighted by molar-refractivity contribution is -0.153. The summed E-state index contributed by atoms with van der Waals surface area (Å²) < 4.78 is 16.0. The van der Waals surface area contributed by atoms with Gasteiger partial charge in [-0.3, -0.25) is 4.79 Å². The minimum absolute atomic E-state index is 0.0413. The van der Waals surface area contributed by atoms with Crippen molar-refractivity contribution >= 4 is 5.91 Å². The van der Waals surface area contributed by atoms with Gasteiger partial charge in [0.05, 0.1) is 18.8 Å². The molecule has 1 aliphatic carbocycles. The van der Waals surface area contributed by atoms with Gasteiger partial charge in [-0.2, -0.15) is 0 Å². The van der Waals surface area contributed by atoms with E-state index in [1.54, 1.807) is 14.2 Å². The van der Waals surface area contributed by atoms with E-state index in [1.165, 1.54) is 0 Å². The first-order valence-electron chi connectivity index (χ1n) is 5.70. The molecule has 2 fully saturated rings. The number of hydrogen-bond donors (Lipinski definition) is 0. The maximum absolute atomic E-state index is 11.8. The van der Waals surface area contributed by atoms with E-state index in [0.29, 0.717) is 13.2 Å². The van der Waals surface area contributed by atoms with Crippen LogP contribution < -0.4 is 0 Å². The monoisotopic (exact) mass is 229 g/mol. The number of carbonyl (C=O) groups excluding carboxylic acids is 1. The van der Waals surface area contributed by atoms with Gasteiger partial charge in [0.2, 0.25) is 5.91 Å². The Morgan fingerprint density at radius 3 is 2.94 bits per heavy atom. The Hall–Kier alpha value is -0.650. The highest BCUT2D eigenvalue weighted by Crippen LogP contribution is 2.31. The highest BCUT2D eigenvalue weighted by atomic mass is 16.5. The van der Waals surface area contributed by atoms with Crippen LogP contribution in [0.3, 0.4) is 0 Å². The summed E-state index contributed by atoms with van der Waals surface area (Å²) in [5.41, 5.74) is 0. The molecule has 1 amide bonds. The van der Waals surface area contributed by atoms with E-state index in [9.17, 15) is 4.79 Å². The number of hydrogen-bond acceptors (Lipinski definition) is 4. The Labute approximate surface area is 95.6 Å². The van der Waals surface area contributed by atoms with Crippen molar-refractivity contribution in [2.45, 2.75) is 31.1 Å². The Bertz CT molecular complexity index is 258. The molecule has 0 bridgehead atoms. The molecule has 16 heavy (non-hydrogen) atoms. The van der Waals surface area contributed by atoms with E-state index in [0.717, 1.165) is 12.8 Å². The van der Waals surface area contributed by atoms with Crippen molar-refractivity contribution in [3.63, 3.8) is 0 Å². The molecule has 0 aromatic rings. The highest BCUT2D eigenvalue weighted by Gasteiger charge is 2.44. The smallest absolute Gasteiger partial charge is 0.248 e. The Balaban J connectivity index is 2.02. The Morgan fingerprint density at radius 1 is 1.44 bits per heavy atom. The first kappa shape index (κ1) is 11.8. The van der Waals surface area contributed by atoms with Crippen LogP contribution in [-0.2, 0) is 19.0 Å². The molecular weight excluding hydrogens is 210 g/mol. The lowest BCUT2D eigenvalue weighted by Crippen LogP contribution is -2.54. The molecule has 0 spiro atoms. The molecule has 1 saturated carbocycles.